The maximum absolute atomic E-state index is 6.54. The molecule has 0 amide bonds. The number of fused-ring (bicyclic) bond motifs is 5. The first-order chi connectivity index (χ1) is 18.6. The summed E-state index contributed by atoms with van der Waals surface area (Å²) in [6.45, 7) is 17.2. The van der Waals surface area contributed by atoms with Crippen molar-refractivity contribution < 1.29 is 9.31 Å². The SMILES string of the molecule is CC1(C)c2ccccc2-n2c3ccc(-c4ccccc4)cc3c3cc(B4OC(C)(C)C(C)(C)O4)cc1c32.[B]=S. The summed E-state index contributed by atoms with van der Waals surface area (Å²) in [6, 6.07) is 31.0. The number of nitrogens with zero attached hydrogens (tertiary/aromatic N) is 1. The van der Waals surface area contributed by atoms with Crippen LogP contribution >= 0.6 is 12.1 Å². The van der Waals surface area contributed by atoms with Crippen LogP contribution in [0.2, 0.25) is 0 Å². The zero-order valence-corrected chi connectivity index (χ0v) is 24.2. The van der Waals surface area contributed by atoms with Crippen LogP contribution in [-0.2, 0) is 14.7 Å². The van der Waals surface area contributed by atoms with E-state index in [4.69, 9.17) is 9.31 Å². The van der Waals surface area contributed by atoms with Gasteiger partial charge in [0, 0.05) is 16.2 Å². The van der Waals surface area contributed by atoms with Gasteiger partial charge >= 0.3 is 25.9 Å². The van der Waals surface area contributed by atoms with Gasteiger partial charge in [-0.1, -0.05) is 80.6 Å². The fourth-order valence-electron chi connectivity index (χ4n) is 6.16. The van der Waals surface area contributed by atoms with Crippen molar-refractivity contribution in [1.29, 1.82) is 0 Å². The summed E-state index contributed by atoms with van der Waals surface area (Å²) in [4.78, 5) is 0. The molecule has 1 aromatic heterocycles. The van der Waals surface area contributed by atoms with Gasteiger partial charge in [0.2, 0.25) is 0 Å². The third-order valence-corrected chi connectivity index (χ3v) is 9.01. The number of hydrogen-bond donors (Lipinski definition) is 0. The van der Waals surface area contributed by atoms with Gasteiger partial charge in [-0.05, 0) is 73.6 Å². The minimum atomic E-state index is -0.408. The molecule has 4 aromatic carbocycles. The van der Waals surface area contributed by atoms with Gasteiger partial charge in [0.1, 0.15) is 0 Å². The van der Waals surface area contributed by atoms with Crippen molar-refractivity contribution in [3.63, 3.8) is 0 Å². The number of aromatic nitrogens is 1. The molecule has 39 heavy (non-hydrogen) atoms. The predicted octanol–water partition coefficient (Wildman–Crippen LogP) is 7.66. The Labute approximate surface area is 237 Å². The summed E-state index contributed by atoms with van der Waals surface area (Å²) in [5.41, 5.74) is 9.00. The van der Waals surface area contributed by atoms with Crippen molar-refractivity contribution in [1.82, 2.24) is 4.57 Å². The van der Waals surface area contributed by atoms with Gasteiger partial charge in [-0.3, -0.25) is 0 Å². The molecule has 0 unspecified atom stereocenters. The van der Waals surface area contributed by atoms with E-state index in [1.54, 1.807) is 0 Å². The van der Waals surface area contributed by atoms with Gasteiger partial charge < -0.3 is 13.9 Å². The van der Waals surface area contributed by atoms with Gasteiger partial charge in [0.15, 0.2) is 0 Å². The summed E-state index contributed by atoms with van der Waals surface area (Å²) in [5.74, 6) is 0. The normalized spacial score (nSPS) is 18.0. The summed E-state index contributed by atoms with van der Waals surface area (Å²) < 4.78 is 15.5. The second-order valence-corrected chi connectivity index (χ2v) is 12.1. The zero-order chi connectivity index (χ0) is 27.7. The predicted molar refractivity (Wildman–Crippen MR) is 167 cm³/mol. The molecular weight excluding hydrogens is 496 g/mol. The molecule has 6 heteroatoms. The molecule has 3 heterocycles. The van der Waals surface area contributed by atoms with Crippen molar-refractivity contribution in [2.45, 2.75) is 58.2 Å². The molecule has 193 valence electrons. The quantitative estimate of drug-likeness (QED) is 0.220. The van der Waals surface area contributed by atoms with Crippen molar-refractivity contribution in [2.75, 3.05) is 0 Å². The van der Waals surface area contributed by atoms with Gasteiger partial charge in [0.05, 0.1) is 27.9 Å². The second-order valence-electron chi connectivity index (χ2n) is 12.1. The number of para-hydroxylation sites is 1. The van der Waals surface area contributed by atoms with Gasteiger partial charge in [0.25, 0.3) is 0 Å². The first kappa shape index (κ1) is 26.2. The van der Waals surface area contributed by atoms with Crippen LogP contribution in [0.4, 0.5) is 0 Å². The maximum atomic E-state index is 6.54. The van der Waals surface area contributed by atoms with E-state index in [0.29, 0.717) is 0 Å². The van der Waals surface area contributed by atoms with Gasteiger partial charge in [-0.2, -0.15) is 0 Å². The molecule has 1 saturated heterocycles. The van der Waals surface area contributed by atoms with E-state index < -0.39 is 7.12 Å². The molecule has 2 aliphatic heterocycles. The molecule has 2 aliphatic rings. The molecule has 0 N–H and O–H groups in total. The first-order valence-corrected chi connectivity index (χ1v) is 13.9. The third-order valence-electron chi connectivity index (χ3n) is 9.01. The molecule has 3 nitrogen and oxygen atoms in total. The Kier molecular flexibility index (Phi) is 6.03. The Morgan fingerprint density at radius 1 is 0.667 bits per heavy atom. The van der Waals surface area contributed by atoms with E-state index in [2.05, 4.69) is 150 Å². The molecule has 7 rings (SSSR count). The van der Waals surface area contributed by atoms with E-state index >= 15 is 0 Å². The average Bonchev–Trinajstić information content (AvgIpc) is 3.38. The average molecular weight is 528 g/mol. The van der Waals surface area contributed by atoms with Crippen LogP contribution in [0.1, 0.15) is 52.7 Å². The Balaban J connectivity index is 0.00000135. The van der Waals surface area contributed by atoms with E-state index in [0.717, 1.165) is 5.46 Å². The molecule has 0 atom stereocenters. The van der Waals surface area contributed by atoms with Crippen LogP contribution in [0.25, 0.3) is 38.6 Å². The number of hydrogen-bond acceptors (Lipinski definition) is 3. The summed E-state index contributed by atoms with van der Waals surface area (Å²) >= 11 is 3.58. The summed E-state index contributed by atoms with van der Waals surface area (Å²) in [7, 11) is -0.408. The van der Waals surface area contributed by atoms with Crippen LogP contribution < -0.4 is 5.46 Å². The van der Waals surface area contributed by atoms with E-state index in [1.165, 1.54) is 49.7 Å². The molecular formula is C33H32B2NO2S. The minimum absolute atomic E-state index is 0.166. The Bertz CT molecular complexity index is 1720. The van der Waals surface area contributed by atoms with Crippen LogP contribution in [0.5, 0.6) is 0 Å². The summed E-state index contributed by atoms with van der Waals surface area (Å²) in [5, 5.41) is 2.50. The summed E-state index contributed by atoms with van der Waals surface area (Å²) in [6.07, 6.45) is 0. The Morgan fingerprint density at radius 3 is 2.00 bits per heavy atom. The van der Waals surface area contributed by atoms with Crippen molar-refractivity contribution >= 4 is 53.2 Å². The third kappa shape index (κ3) is 3.80. The van der Waals surface area contributed by atoms with Crippen LogP contribution in [0.3, 0.4) is 0 Å². The Hall–Kier alpha value is -3.05. The van der Waals surface area contributed by atoms with Crippen LogP contribution in [0.15, 0.2) is 84.9 Å². The number of rotatable bonds is 2. The van der Waals surface area contributed by atoms with Crippen molar-refractivity contribution in [3.8, 4) is 16.8 Å². The molecule has 0 saturated carbocycles. The fraction of sp³-hybridized carbons (Fsp3) is 0.273. The van der Waals surface area contributed by atoms with Crippen LogP contribution in [0, 0.1) is 0 Å². The van der Waals surface area contributed by atoms with Crippen molar-refractivity contribution in [2.24, 2.45) is 0 Å². The van der Waals surface area contributed by atoms with E-state index in [9.17, 15) is 0 Å². The molecule has 0 spiro atoms. The second kappa shape index (κ2) is 8.99. The van der Waals surface area contributed by atoms with E-state index in [1.807, 2.05) is 0 Å². The fourth-order valence-corrected chi connectivity index (χ4v) is 6.16. The molecule has 1 fully saturated rings. The monoisotopic (exact) mass is 528 g/mol. The molecule has 0 bridgehead atoms. The molecule has 5 aromatic rings. The molecule has 1 radical (unpaired) electrons. The van der Waals surface area contributed by atoms with E-state index in [-0.39, 0.29) is 16.6 Å². The first-order valence-electron chi connectivity index (χ1n) is 13.5. The van der Waals surface area contributed by atoms with Crippen LogP contribution in [-0.4, -0.2) is 29.6 Å². The van der Waals surface area contributed by atoms with Crippen molar-refractivity contribution in [3.05, 3.63) is 96.1 Å². The van der Waals surface area contributed by atoms with Gasteiger partial charge in [-0.15, -0.1) is 0 Å². The standard InChI is InChI=1S/C33H32BNO2.BS/c1-31(2)26-14-10-11-15-29(26)35-28-17-16-22(21-12-8-7-9-13-21)18-24(28)25-19-23(20-27(31)30(25)35)34-36-32(3,4)33(5,6)37-34;1-2/h7-20H,1-6H3;. The topological polar surface area (TPSA) is 23.4 Å². The van der Waals surface area contributed by atoms with Gasteiger partial charge in [-0.25, -0.2) is 0 Å². The molecule has 0 aliphatic carbocycles. The zero-order valence-electron chi connectivity index (χ0n) is 23.4. The number of benzene rings is 4. The Morgan fingerprint density at radius 2 is 1.31 bits per heavy atom.